The standard InChI is InChI=1S/C12H18N2O3/c1-9-3-4-10(17-9)8-14(2)12(15)11-7-13-5-6-16-11/h3-4,11,13H,5-8H2,1-2H3. The van der Waals surface area contributed by atoms with Crippen molar-refractivity contribution >= 4 is 5.91 Å². The van der Waals surface area contributed by atoms with Gasteiger partial charge in [-0.2, -0.15) is 0 Å². The van der Waals surface area contributed by atoms with Crippen molar-refractivity contribution in [1.82, 2.24) is 10.2 Å². The number of morpholine rings is 1. The Kier molecular flexibility index (Phi) is 3.81. The number of nitrogens with one attached hydrogen (secondary N) is 1. The fourth-order valence-corrected chi connectivity index (χ4v) is 1.85. The average molecular weight is 238 g/mol. The molecule has 1 saturated heterocycles. The van der Waals surface area contributed by atoms with Gasteiger partial charge in [-0.3, -0.25) is 4.79 Å². The third kappa shape index (κ3) is 3.08. The maximum atomic E-state index is 12.0. The van der Waals surface area contributed by atoms with Crippen molar-refractivity contribution in [3.63, 3.8) is 0 Å². The quantitative estimate of drug-likeness (QED) is 0.835. The van der Waals surface area contributed by atoms with Crippen LogP contribution in [0.15, 0.2) is 16.5 Å². The molecule has 1 aromatic rings. The summed E-state index contributed by atoms with van der Waals surface area (Å²) in [7, 11) is 1.76. The molecule has 1 N–H and O–H groups in total. The van der Waals surface area contributed by atoms with E-state index in [1.54, 1.807) is 11.9 Å². The Labute approximate surface area is 101 Å². The molecule has 5 heteroatoms. The second-order valence-electron chi connectivity index (χ2n) is 4.27. The van der Waals surface area contributed by atoms with Crippen molar-refractivity contribution in [3.05, 3.63) is 23.7 Å². The van der Waals surface area contributed by atoms with Crippen molar-refractivity contribution in [2.45, 2.75) is 19.6 Å². The van der Waals surface area contributed by atoms with Gasteiger partial charge < -0.3 is 19.4 Å². The van der Waals surface area contributed by atoms with Gasteiger partial charge in [-0.1, -0.05) is 0 Å². The number of ether oxygens (including phenoxy) is 1. The van der Waals surface area contributed by atoms with Gasteiger partial charge in [0.15, 0.2) is 0 Å². The number of hydrogen-bond donors (Lipinski definition) is 1. The third-order valence-corrected chi connectivity index (χ3v) is 2.77. The van der Waals surface area contributed by atoms with E-state index in [9.17, 15) is 4.79 Å². The van der Waals surface area contributed by atoms with Gasteiger partial charge in [0.05, 0.1) is 13.2 Å². The third-order valence-electron chi connectivity index (χ3n) is 2.77. The van der Waals surface area contributed by atoms with Crippen molar-refractivity contribution < 1.29 is 13.9 Å². The molecule has 1 atom stereocenters. The van der Waals surface area contributed by atoms with Gasteiger partial charge in [0.1, 0.15) is 17.6 Å². The Morgan fingerprint density at radius 3 is 3.00 bits per heavy atom. The minimum absolute atomic E-state index is 0.00810. The fourth-order valence-electron chi connectivity index (χ4n) is 1.85. The number of carbonyl (C=O) groups excluding carboxylic acids is 1. The molecule has 5 nitrogen and oxygen atoms in total. The molecule has 0 spiro atoms. The van der Waals surface area contributed by atoms with Crippen LogP contribution in [0.2, 0.25) is 0 Å². The minimum atomic E-state index is -0.371. The molecule has 0 bridgehead atoms. The summed E-state index contributed by atoms with van der Waals surface area (Å²) in [4.78, 5) is 13.7. The Balaban J connectivity index is 1.90. The lowest BCUT2D eigenvalue weighted by Crippen LogP contribution is -2.48. The zero-order chi connectivity index (χ0) is 12.3. The highest BCUT2D eigenvalue weighted by Gasteiger charge is 2.25. The Morgan fingerprint density at radius 2 is 2.41 bits per heavy atom. The molecule has 2 rings (SSSR count). The highest BCUT2D eigenvalue weighted by atomic mass is 16.5. The number of aryl methyl sites for hydroxylation is 1. The summed E-state index contributed by atoms with van der Waals surface area (Å²) in [5, 5.41) is 3.14. The topological polar surface area (TPSA) is 54.7 Å². The van der Waals surface area contributed by atoms with Gasteiger partial charge >= 0.3 is 0 Å². The predicted octanol–water partition coefficient (Wildman–Crippen LogP) is 0.535. The number of nitrogens with zero attached hydrogens (tertiary/aromatic N) is 1. The second kappa shape index (κ2) is 5.33. The van der Waals surface area contributed by atoms with Crippen LogP contribution in [0.3, 0.4) is 0 Å². The molecule has 17 heavy (non-hydrogen) atoms. The summed E-state index contributed by atoms with van der Waals surface area (Å²) >= 11 is 0. The number of furan rings is 1. The van der Waals surface area contributed by atoms with Crippen LogP contribution < -0.4 is 5.32 Å². The van der Waals surface area contributed by atoms with Crippen LogP contribution in [0.4, 0.5) is 0 Å². The fraction of sp³-hybridized carbons (Fsp3) is 0.583. The first-order chi connectivity index (χ1) is 8.16. The van der Waals surface area contributed by atoms with Gasteiger partial charge in [0.25, 0.3) is 5.91 Å². The van der Waals surface area contributed by atoms with Crippen molar-refractivity contribution in [2.75, 3.05) is 26.7 Å². The second-order valence-corrected chi connectivity index (χ2v) is 4.27. The lowest BCUT2D eigenvalue weighted by atomic mass is 10.2. The van der Waals surface area contributed by atoms with Gasteiger partial charge in [0, 0.05) is 20.1 Å². The molecule has 0 aromatic carbocycles. The molecule has 1 amide bonds. The van der Waals surface area contributed by atoms with E-state index >= 15 is 0 Å². The summed E-state index contributed by atoms with van der Waals surface area (Å²) in [6, 6.07) is 3.78. The molecule has 0 aliphatic carbocycles. The van der Waals surface area contributed by atoms with Crippen LogP contribution in [-0.2, 0) is 16.1 Å². The van der Waals surface area contributed by atoms with Gasteiger partial charge in [0.2, 0.25) is 0 Å². The summed E-state index contributed by atoms with van der Waals surface area (Å²) < 4.78 is 10.9. The maximum absolute atomic E-state index is 12.0. The smallest absolute Gasteiger partial charge is 0.253 e. The molecule has 0 saturated carbocycles. The molecular formula is C12H18N2O3. The van der Waals surface area contributed by atoms with E-state index in [1.807, 2.05) is 19.1 Å². The van der Waals surface area contributed by atoms with Gasteiger partial charge in [-0.15, -0.1) is 0 Å². The van der Waals surface area contributed by atoms with Crippen LogP contribution in [0.25, 0.3) is 0 Å². The molecular weight excluding hydrogens is 220 g/mol. The molecule has 94 valence electrons. The van der Waals surface area contributed by atoms with E-state index < -0.39 is 0 Å². The van der Waals surface area contributed by atoms with Crippen LogP contribution in [0.5, 0.6) is 0 Å². The maximum Gasteiger partial charge on any atom is 0.253 e. The SMILES string of the molecule is Cc1ccc(CN(C)C(=O)C2CNCCO2)o1. The highest BCUT2D eigenvalue weighted by molar-refractivity contribution is 5.81. The number of carbonyl (C=O) groups is 1. The van der Waals surface area contributed by atoms with Crippen LogP contribution in [0, 0.1) is 6.92 Å². The summed E-state index contributed by atoms with van der Waals surface area (Å²) in [6.07, 6.45) is -0.371. The largest absolute Gasteiger partial charge is 0.464 e. The Hall–Kier alpha value is -1.33. The summed E-state index contributed by atoms with van der Waals surface area (Å²) in [5.41, 5.74) is 0. The number of rotatable bonds is 3. The van der Waals surface area contributed by atoms with E-state index in [1.165, 1.54) is 0 Å². The minimum Gasteiger partial charge on any atom is -0.464 e. The monoisotopic (exact) mass is 238 g/mol. The molecule has 1 fully saturated rings. The first-order valence-corrected chi connectivity index (χ1v) is 5.79. The summed E-state index contributed by atoms with van der Waals surface area (Å²) in [6.45, 7) is 4.35. The van der Waals surface area contributed by atoms with Crippen LogP contribution in [0.1, 0.15) is 11.5 Å². The van der Waals surface area contributed by atoms with E-state index in [2.05, 4.69) is 5.32 Å². The predicted molar refractivity (Wildman–Crippen MR) is 62.5 cm³/mol. The average Bonchev–Trinajstić information content (AvgIpc) is 2.75. The van der Waals surface area contributed by atoms with Crippen molar-refractivity contribution in [1.29, 1.82) is 0 Å². The highest BCUT2D eigenvalue weighted by Crippen LogP contribution is 2.10. The zero-order valence-corrected chi connectivity index (χ0v) is 10.2. The molecule has 0 radical (unpaired) electrons. The van der Waals surface area contributed by atoms with E-state index in [0.717, 1.165) is 18.1 Å². The Morgan fingerprint density at radius 1 is 1.59 bits per heavy atom. The van der Waals surface area contributed by atoms with Gasteiger partial charge in [-0.05, 0) is 19.1 Å². The van der Waals surface area contributed by atoms with E-state index in [4.69, 9.17) is 9.15 Å². The van der Waals surface area contributed by atoms with E-state index in [0.29, 0.717) is 19.7 Å². The van der Waals surface area contributed by atoms with Crippen LogP contribution >= 0.6 is 0 Å². The van der Waals surface area contributed by atoms with Gasteiger partial charge in [-0.25, -0.2) is 0 Å². The molecule has 1 unspecified atom stereocenters. The lowest BCUT2D eigenvalue weighted by Gasteiger charge is -2.26. The molecule has 1 aliphatic heterocycles. The number of amides is 1. The van der Waals surface area contributed by atoms with Crippen LogP contribution in [-0.4, -0.2) is 43.7 Å². The first-order valence-electron chi connectivity index (χ1n) is 5.79. The zero-order valence-electron chi connectivity index (χ0n) is 10.2. The number of hydrogen-bond acceptors (Lipinski definition) is 4. The van der Waals surface area contributed by atoms with Crippen molar-refractivity contribution in [3.8, 4) is 0 Å². The molecule has 1 aromatic heterocycles. The summed E-state index contributed by atoms with van der Waals surface area (Å²) in [5.74, 6) is 1.64. The molecule has 1 aliphatic rings. The first kappa shape index (κ1) is 12.1. The lowest BCUT2D eigenvalue weighted by molar-refractivity contribution is -0.144. The van der Waals surface area contributed by atoms with E-state index in [-0.39, 0.29) is 12.0 Å². The number of likely N-dealkylation sites (N-methyl/N-ethyl adjacent to an activating group) is 1. The Bertz CT molecular complexity index is 383. The molecule has 2 heterocycles. The van der Waals surface area contributed by atoms with Crippen molar-refractivity contribution in [2.24, 2.45) is 0 Å². The normalized spacial score (nSPS) is 20.2.